The molecular weight excluding hydrogens is 554 g/mol. The van der Waals surface area contributed by atoms with Crippen molar-refractivity contribution in [3.05, 3.63) is 83.4 Å². The number of hydrogen-bond donors (Lipinski definition) is 1. The number of nitrogens with zero attached hydrogens (tertiary/aromatic N) is 2. The molecule has 0 aliphatic heterocycles. The maximum absolute atomic E-state index is 14.1. The molecule has 0 radical (unpaired) electrons. The first kappa shape index (κ1) is 32.5. The predicted molar refractivity (Wildman–Crippen MR) is 164 cm³/mol. The summed E-state index contributed by atoms with van der Waals surface area (Å²) in [6, 6.07) is 17.9. The van der Waals surface area contributed by atoms with Gasteiger partial charge in [0.05, 0.1) is 24.8 Å². The molecule has 0 heterocycles. The van der Waals surface area contributed by atoms with Gasteiger partial charge in [0.25, 0.3) is 10.0 Å². The van der Waals surface area contributed by atoms with Crippen molar-refractivity contribution in [2.24, 2.45) is 5.92 Å². The van der Waals surface area contributed by atoms with Gasteiger partial charge in [0.15, 0.2) is 11.5 Å². The number of ether oxygens (including phenoxy) is 2. The van der Waals surface area contributed by atoms with Gasteiger partial charge in [-0.25, -0.2) is 8.42 Å². The van der Waals surface area contributed by atoms with E-state index < -0.39 is 28.5 Å². The van der Waals surface area contributed by atoms with Crippen molar-refractivity contribution in [3.8, 4) is 11.5 Å². The Morgan fingerprint density at radius 3 is 1.95 bits per heavy atom. The Labute approximate surface area is 249 Å². The molecule has 3 aromatic carbocycles. The molecule has 3 aromatic rings. The summed E-state index contributed by atoms with van der Waals surface area (Å²) in [5.41, 5.74) is 2.99. The van der Waals surface area contributed by atoms with Crippen LogP contribution in [0.4, 0.5) is 5.69 Å². The highest BCUT2D eigenvalue weighted by atomic mass is 32.2. The average molecular weight is 596 g/mol. The van der Waals surface area contributed by atoms with E-state index in [2.05, 4.69) is 5.32 Å². The van der Waals surface area contributed by atoms with Crippen LogP contribution in [0.2, 0.25) is 0 Å². The summed E-state index contributed by atoms with van der Waals surface area (Å²) in [6.45, 7) is 9.48. The fourth-order valence-corrected chi connectivity index (χ4v) is 5.68. The van der Waals surface area contributed by atoms with Gasteiger partial charge in [0.1, 0.15) is 12.6 Å². The fourth-order valence-electron chi connectivity index (χ4n) is 4.27. The Balaban J connectivity index is 2.07. The first-order chi connectivity index (χ1) is 19.9. The van der Waals surface area contributed by atoms with E-state index in [9.17, 15) is 18.0 Å². The summed E-state index contributed by atoms with van der Waals surface area (Å²) in [6.07, 6.45) is 0. The molecule has 3 rings (SSSR count). The van der Waals surface area contributed by atoms with Crippen molar-refractivity contribution in [2.75, 3.05) is 31.6 Å². The topological polar surface area (TPSA) is 105 Å². The lowest BCUT2D eigenvalue weighted by molar-refractivity contribution is -0.139. The van der Waals surface area contributed by atoms with Gasteiger partial charge in [-0.15, -0.1) is 0 Å². The lowest BCUT2D eigenvalue weighted by Crippen LogP contribution is -2.51. The van der Waals surface area contributed by atoms with Crippen molar-refractivity contribution in [1.29, 1.82) is 0 Å². The standard InChI is InChI=1S/C32H41N3O6S/c1-22(2)19-33-32(37)25(5)34(20-26-12-8-23(3)9-13-26)31(36)21-35(27-14-17-29(40-6)30(18-27)41-7)42(38,39)28-15-10-24(4)11-16-28/h8-18,22,25H,19-21H2,1-7H3,(H,33,37). The molecule has 0 saturated carbocycles. The van der Waals surface area contributed by atoms with Gasteiger partial charge in [-0.05, 0) is 56.5 Å². The van der Waals surface area contributed by atoms with Gasteiger partial charge in [0.2, 0.25) is 11.8 Å². The van der Waals surface area contributed by atoms with E-state index in [4.69, 9.17) is 9.47 Å². The first-order valence-electron chi connectivity index (χ1n) is 13.8. The zero-order valence-electron chi connectivity index (χ0n) is 25.4. The Bertz CT molecular complexity index is 1470. The predicted octanol–water partition coefficient (Wildman–Crippen LogP) is 4.71. The van der Waals surface area contributed by atoms with Crippen LogP contribution in [0, 0.1) is 19.8 Å². The minimum atomic E-state index is -4.20. The molecule has 0 aliphatic rings. The minimum absolute atomic E-state index is 0.0310. The largest absolute Gasteiger partial charge is 0.493 e. The summed E-state index contributed by atoms with van der Waals surface area (Å²) in [4.78, 5) is 28.7. The van der Waals surface area contributed by atoms with E-state index in [-0.39, 0.29) is 29.0 Å². The van der Waals surface area contributed by atoms with Crippen LogP contribution in [0.15, 0.2) is 71.6 Å². The molecule has 10 heteroatoms. The molecule has 0 spiro atoms. The second kappa shape index (κ2) is 14.2. The third kappa shape index (κ3) is 8.03. The van der Waals surface area contributed by atoms with Gasteiger partial charge in [0, 0.05) is 19.2 Å². The number of nitrogens with one attached hydrogen (secondary N) is 1. The molecule has 226 valence electrons. The van der Waals surface area contributed by atoms with Crippen LogP contribution in [0.3, 0.4) is 0 Å². The van der Waals surface area contributed by atoms with E-state index in [1.54, 1.807) is 31.2 Å². The SMILES string of the molecule is COc1ccc(N(CC(=O)N(Cc2ccc(C)cc2)C(C)C(=O)NCC(C)C)S(=O)(=O)c2ccc(C)cc2)cc1OC. The molecule has 0 aromatic heterocycles. The first-order valence-corrected chi connectivity index (χ1v) is 15.3. The molecule has 1 atom stereocenters. The van der Waals surface area contributed by atoms with Crippen molar-refractivity contribution < 1.29 is 27.5 Å². The Morgan fingerprint density at radius 1 is 0.833 bits per heavy atom. The molecule has 2 amide bonds. The van der Waals surface area contributed by atoms with Gasteiger partial charge in [-0.3, -0.25) is 13.9 Å². The van der Waals surface area contributed by atoms with Gasteiger partial charge in [-0.2, -0.15) is 0 Å². The molecule has 0 aliphatic carbocycles. The lowest BCUT2D eigenvalue weighted by atomic mass is 10.1. The zero-order valence-corrected chi connectivity index (χ0v) is 26.2. The number of sulfonamides is 1. The van der Waals surface area contributed by atoms with Crippen LogP contribution < -0.4 is 19.1 Å². The zero-order chi connectivity index (χ0) is 31.0. The lowest BCUT2D eigenvalue weighted by Gasteiger charge is -2.32. The number of anilines is 1. The van der Waals surface area contributed by atoms with Crippen LogP contribution in [0.1, 0.15) is 37.5 Å². The summed E-state index contributed by atoms with van der Waals surface area (Å²) in [5.74, 6) is 0.0975. The van der Waals surface area contributed by atoms with E-state index >= 15 is 0 Å². The van der Waals surface area contributed by atoms with E-state index in [0.717, 1.165) is 21.0 Å². The average Bonchev–Trinajstić information content (AvgIpc) is 2.97. The number of carbonyl (C=O) groups is 2. The molecule has 1 unspecified atom stereocenters. The van der Waals surface area contributed by atoms with E-state index in [1.165, 1.54) is 37.3 Å². The van der Waals surface area contributed by atoms with Gasteiger partial charge in [-0.1, -0.05) is 61.4 Å². The second-order valence-corrected chi connectivity index (χ2v) is 12.5. The number of carbonyl (C=O) groups excluding carboxylic acids is 2. The van der Waals surface area contributed by atoms with Crippen molar-refractivity contribution in [3.63, 3.8) is 0 Å². The summed E-state index contributed by atoms with van der Waals surface area (Å²) in [5, 5.41) is 2.89. The van der Waals surface area contributed by atoms with Crippen LogP contribution in [-0.2, 0) is 26.2 Å². The third-order valence-corrected chi connectivity index (χ3v) is 8.66. The maximum Gasteiger partial charge on any atom is 0.264 e. The van der Waals surface area contributed by atoms with Crippen LogP contribution in [0.25, 0.3) is 0 Å². The van der Waals surface area contributed by atoms with Gasteiger partial charge >= 0.3 is 0 Å². The number of rotatable bonds is 13. The molecule has 1 N–H and O–H groups in total. The summed E-state index contributed by atoms with van der Waals surface area (Å²) in [7, 11) is -1.27. The van der Waals surface area contributed by atoms with Crippen LogP contribution >= 0.6 is 0 Å². The summed E-state index contributed by atoms with van der Waals surface area (Å²) >= 11 is 0. The number of benzene rings is 3. The Hall–Kier alpha value is -4.05. The van der Waals surface area contributed by atoms with E-state index in [0.29, 0.717) is 18.0 Å². The highest BCUT2D eigenvalue weighted by Crippen LogP contribution is 2.34. The molecule has 9 nitrogen and oxygen atoms in total. The minimum Gasteiger partial charge on any atom is -0.493 e. The molecular formula is C32H41N3O6S. The molecule has 0 bridgehead atoms. The van der Waals surface area contributed by atoms with Crippen LogP contribution in [-0.4, -0.2) is 58.5 Å². The molecule has 0 fully saturated rings. The third-order valence-electron chi connectivity index (χ3n) is 6.87. The van der Waals surface area contributed by atoms with Crippen molar-refractivity contribution in [1.82, 2.24) is 10.2 Å². The number of amides is 2. The van der Waals surface area contributed by atoms with Crippen LogP contribution in [0.5, 0.6) is 11.5 Å². The monoisotopic (exact) mass is 595 g/mol. The van der Waals surface area contributed by atoms with Gasteiger partial charge < -0.3 is 19.7 Å². The normalized spacial score (nSPS) is 12.0. The Morgan fingerprint density at radius 2 is 1.40 bits per heavy atom. The van der Waals surface area contributed by atoms with Crippen molar-refractivity contribution >= 4 is 27.5 Å². The maximum atomic E-state index is 14.1. The Kier molecular flexibility index (Phi) is 11.0. The number of aryl methyl sites for hydroxylation is 2. The smallest absolute Gasteiger partial charge is 0.264 e. The molecule has 42 heavy (non-hydrogen) atoms. The van der Waals surface area contributed by atoms with E-state index in [1.807, 2.05) is 52.0 Å². The number of methoxy groups -OCH3 is 2. The second-order valence-electron chi connectivity index (χ2n) is 10.7. The molecule has 0 saturated heterocycles. The highest BCUT2D eigenvalue weighted by molar-refractivity contribution is 7.92. The summed E-state index contributed by atoms with van der Waals surface area (Å²) < 4.78 is 39.9. The highest BCUT2D eigenvalue weighted by Gasteiger charge is 2.33. The van der Waals surface area contributed by atoms with Crippen molar-refractivity contribution in [2.45, 2.75) is 52.1 Å². The number of hydrogen-bond acceptors (Lipinski definition) is 6. The quantitative estimate of drug-likeness (QED) is 0.307. The fraction of sp³-hybridized carbons (Fsp3) is 0.375.